The topological polar surface area (TPSA) is 85.2 Å². The number of carbonyl (C=O) groups is 1. The number of rotatable bonds is 2. The second-order valence-electron chi connectivity index (χ2n) is 5.35. The van der Waals surface area contributed by atoms with Gasteiger partial charge in [-0.3, -0.25) is 4.79 Å². The Labute approximate surface area is 117 Å². The zero-order valence-electron chi connectivity index (χ0n) is 11.5. The van der Waals surface area contributed by atoms with Crippen LogP contribution in [-0.2, 0) is 11.3 Å². The number of nitrogens with two attached hydrogens (primary N) is 2. The summed E-state index contributed by atoms with van der Waals surface area (Å²) in [5.41, 5.74) is 13.9. The molecule has 0 saturated carbocycles. The summed E-state index contributed by atoms with van der Waals surface area (Å²) in [7, 11) is 0. The van der Waals surface area contributed by atoms with Crippen molar-refractivity contribution in [2.75, 3.05) is 12.3 Å². The molecule has 1 aliphatic rings. The number of aromatic nitrogens is 1. The zero-order valence-corrected chi connectivity index (χ0v) is 11.5. The van der Waals surface area contributed by atoms with Crippen LogP contribution < -0.4 is 11.5 Å². The van der Waals surface area contributed by atoms with E-state index < -0.39 is 0 Å². The van der Waals surface area contributed by atoms with E-state index in [9.17, 15) is 4.79 Å². The predicted octanol–water partition coefficient (Wildman–Crippen LogP) is 1.19. The molecule has 5 heteroatoms. The molecule has 0 unspecified atom stereocenters. The SMILES string of the molecule is Cc1cc2ccnc(N)c2cc1CN1CC[C@H](N)C1=O. The van der Waals surface area contributed by atoms with Crippen LogP contribution in [0.3, 0.4) is 0 Å². The molecule has 1 aromatic heterocycles. The lowest BCUT2D eigenvalue weighted by molar-refractivity contribution is -0.129. The molecule has 3 rings (SSSR count). The Kier molecular flexibility index (Phi) is 3.06. The number of anilines is 1. The van der Waals surface area contributed by atoms with Gasteiger partial charge in [-0.2, -0.15) is 0 Å². The molecule has 20 heavy (non-hydrogen) atoms. The van der Waals surface area contributed by atoms with Gasteiger partial charge in [-0.25, -0.2) is 4.98 Å². The average Bonchev–Trinajstić information content (AvgIpc) is 2.72. The number of likely N-dealkylation sites (tertiary alicyclic amines) is 1. The molecule has 0 radical (unpaired) electrons. The molecule has 104 valence electrons. The molecule has 0 spiro atoms. The minimum absolute atomic E-state index is 0.0312. The summed E-state index contributed by atoms with van der Waals surface area (Å²) < 4.78 is 0. The number of pyridine rings is 1. The molecule has 1 aliphatic heterocycles. The second kappa shape index (κ2) is 4.76. The lowest BCUT2D eigenvalue weighted by Gasteiger charge is -2.18. The van der Waals surface area contributed by atoms with Crippen molar-refractivity contribution < 1.29 is 4.79 Å². The number of hydrogen-bond acceptors (Lipinski definition) is 4. The highest BCUT2D eigenvalue weighted by Crippen LogP contribution is 2.25. The van der Waals surface area contributed by atoms with Gasteiger partial charge in [-0.1, -0.05) is 6.07 Å². The maximum Gasteiger partial charge on any atom is 0.239 e. The molecular formula is C15H18N4O. The molecule has 0 aliphatic carbocycles. The lowest BCUT2D eigenvalue weighted by atomic mass is 10.0. The Hall–Kier alpha value is -2.14. The first kappa shape index (κ1) is 12.9. The highest BCUT2D eigenvalue weighted by molar-refractivity contribution is 5.92. The molecule has 1 fully saturated rings. The Morgan fingerprint density at radius 2 is 2.25 bits per heavy atom. The Morgan fingerprint density at radius 3 is 2.95 bits per heavy atom. The Balaban J connectivity index is 1.97. The highest BCUT2D eigenvalue weighted by atomic mass is 16.2. The van der Waals surface area contributed by atoms with Crippen LogP contribution in [0, 0.1) is 6.92 Å². The number of hydrogen-bond donors (Lipinski definition) is 2. The minimum Gasteiger partial charge on any atom is -0.383 e. The van der Waals surface area contributed by atoms with E-state index in [-0.39, 0.29) is 11.9 Å². The second-order valence-corrected chi connectivity index (χ2v) is 5.35. The predicted molar refractivity (Wildman–Crippen MR) is 78.9 cm³/mol. The largest absolute Gasteiger partial charge is 0.383 e. The minimum atomic E-state index is -0.345. The normalized spacial score (nSPS) is 19.0. The van der Waals surface area contributed by atoms with Crippen LogP contribution in [0.15, 0.2) is 24.4 Å². The standard InChI is InChI=1S/C15H18N4O/c1-9-6-10-2-4-18-14(17)12(10)7-11(9)8-19-5-3-13(16)15(19)20/h2,4,6-7,13H,3,5,8,16H2,1H3,(H2,17,18)/t13-/m0/s1. The van der Waals surface area contributed by atoms with Gasteiger partial charge in [0.1, 0.15) is 5.82 Å². The highest BCUT2D eigenvalue weighted by Gasteiger charge is 2.28. The van der Waals surface area contributed by atoms with Crippen molar-refractivity contribution >= 4 is 22.5 Å². The molecule has 5 nitrogen and oxygen atoms in total. The lowest BCUT2D eigenvalue weighted by Crippen LogP contribution is -2.33. The van der Waals surface area contributed by atoms with E-state index >= 15 is 0 Å². The van der Waals surface area contributed by atoms with Gasteiger partial charge in [0, 0.05) is 24.7 Å². The van der Waals surface area contributed by atoms with Crippen molar-refractivity contribution in [3.05, 3.63) is 35.5 Å². The van der Waals surface area contributed by atoms with Crippen LogP contribution in [-0.4, -0.2) is 28.4 Å². The summed E-state index contributed by atoms with van der Waals surface area (Å²) in [4.78, 5) is 17.8. The molecule has 1 aromatic carbocycles. The maximum atomic E-state index is 11.9. The summed E-state index contributed by atoms with van der Waals surface area (Å²) >= 11 is 0. The Bertz CT molecular complexity index is 683. The van der Waals surface area contributed by atoms with Crippen molar-refractivity contribution in [2.24, 2.45) is 5.73 Å². The quantitative estimate of drug-likeness (QED) is 0.858. The van der Waals surface area contributed by atoms with E-state index in [0.29, 0.717) is 12.4 Å². The van der Waals surface area contributed by atoms with Crippen molar-refractivity contribution in [2.45, 2.75) is 25.9 Å². The number of nitrogens with zero attached hydrogens (tertiary/aromatic N) is 2. The Morgan fingerprint density at radius 1 is 1.45 bits per heavy atom. The molecule has 1 amide bonds. The number of amides is 1. The number of carbonyl (C=O) groups excluding carboxylic acids is 1. The summed E-state index contributed by atoms with van der Waals surface area (Å²) in [5.74, 6) is 0.553. The van der Waals surface area contributed by atoms with Crippen molar-refractivity contribution in [3.8, 4) is 0 Å². The maximum absolute atomic E-state index is 11.9. The smallest absolute Gasteiger partial charge is 0.239 e. The van der Waals surface area contributed by atoms with Crippen LogP contribution in [0.25, 0.3) is 10.8 Å². The van der Waals surface area contributed by atoms with Gasteiger partial charge in [0.25, 0.3) is 0 Å². The summed E-state index contributed by atoms with van der Waals surface area (Å²) in [5, 5.41) is 2.01. The summed E-state index contributed by atoms with van der Waals surface area (Å²) in [6.07, 6.45) is 2.44. The third kappa shape index (κ3) is 2.10. The fraction of sp³-hybridized carbons (Fsp3) is 0.333. The van der Waals surface area contributed by atoms with Crippen molar-refractivity contribution in [3.63, 3.8) is 0 Å². The van der Waals surface area contributed by atoms with Crippen LogP contribution in [0.5, 0.6) is 0 Å². The van der Waals surface area contributed by atoms with Gasteiger partial charge >= 0.3 is 0 Å². The number of fused-ring (bicyclic) bond motifs is 1. The first-order valence-electron chi connectivity index (χ1n) is 6.74. The van der Waals surface area contributed by atoms with E-state index in [1.54, 1.807) is 6.20 Å². The van der Waals surface area contributed by atoms with E-state index in [0.717, 1.165) is 34.9 Å². The van der Waals surface area contributed by atoms with E-state index in [2.05, 4.69) is 11.1 Å². The first-order valence-corrected chi connectivity index (χ1v) is 6.74. The monoisotopic (exact) mass is 270 g/mol. The fourth-order valence-corrected chi connectivity index (χ4v) is 2.70. The molecule has 1 atom stereocenters. The molecule has 2 aromatic rings. The number of aryl methyl sites for hydroxylation is 1. The summed E-state index contributed by atoms with van der Waals surface area (Å²) in [6.45, 7) is 3.36. The molecule has 0 bridgehead atoms. The van der Waals surface area contributed by atoms with Gasteiger partial charge in [0.2, 0.25) is 5.91 Å². The van der Waals surface area contributed by atoms with Crippen molar-refractivity contribution in [1.29, 1.82) is 0 Å². The van der Waals surface area contributed by atoms with E-state index in [4.69, 9.17) is 11.5 Å². The van der Waals surface area contributed by atoms with Gasteiger partial charge in [0.05, 0.1) is 6.04 Å². The van der Waals surface area contributed by atoms with Crippen LogP contribution in [0.1, 0.15) is 17.5 Å². The van der Waals surface area contributed by atoms with Gasteiger partial charge < -0.3 is 16.4 Å². The zero-order chi connectivity index (χ0) is 14.3. The van der Waals surface area contributed by atoms with Crippen LogP contribution >= 0.6 is 0 Å². The van der Waals surface area contributed by atoms with Crippen molar-refractivity contribution in [1.82, 2.24) is 9.88 Å². The van der Waals surface area contributed by atoms with E-state index in [1.165, 1.54) is 0 Å². The molecule has 4 N–H and O–H groups in total. The first-order chi connectivity index (χ1) is 9.56. The van der Waals surface area contributed by atoms with Crippen LogP contribution in [0.4, 0.5) is 5.82 Å². The summed E-state index contributed by atoms with van der Waals surface area (Å²) in [6, 6.07) is 5.72. The van der Waals surface area contributed by atoms with Gasteiger partial charge in [-0.05, 0) is 42.0 Å². The number of nitrogen functional groups attached to an aromatic ring is 1. The molecule has 2 heterocycles. The third-order valence-electron chi connectivity index (χ3n) is 3.95. The van der Waals surface area contributed by atoms with Gasteiger partial charge in [-0.15, -0.1) is 0 Å². The number of benzene rings is 1. The molecular weight excluding hydrogens is 252 g/mol. The molecule has 1 saturated heterocycles. The fourth-order valence-electron chi connectivity index (χ4n) is 2.70. The van der Waals surface area contributed by atoms with Crippen LogP contribution in [0.2, 0.25) is 0 Å². The average molecular weight is 270 g/mol. The van der Waals surface area contributed by atoms with Gasteiger partial charge in [0.15, 0.2) is 0 Å². The van der Waals surface area contributed by atoms with E-state index in [1.807, 2.05) is 24.0 Å². The third-order valence-corrected chi connectivity index (χ3v) is 3.95.